The van der Waals surface area contributed by atoms with Crippen molar-refractivity contribution in [1.29, 1.82) is 0 Å². The third kappa shape index (κ3) is 3.28. The van der Waals surface area contributed by atoms with E-state index < -0.39 is 0 Å². The van der Waals surface area contributed by atoms with Gasteiger partial charge in [0.2, 0.25) is 0 Å². The zero-order chi connectivity index (χ0) is 18.7. The molecule has 0 fully saturated rings. The predicted molar refractivity (Wildman–Crippen MR) is 114 cm³/mol. The first kappa shape index (κ1) is 17.9. The molecule has 0 amide bonds. The Morgan fingerprint density at radius 3 is 2.65 bits per heavy atom. The van der Waals surface area contributed by atoms with Crippen LogP contribution in [0.15, 0.2) is 84.2 Å². The zero-order valence-electron chi connectivity index (χ0n) is 15.8. The van der Waals surface area contributed by atoms with Crippen LogP contribution in [-0.2, 0) is 5.41 Å². The molecule has 2 aromatic carbocycles. The predicted octanol–water partition coefficient (Wildman–Crippen LogP) is 6.41. The van der Waals surface area contributed by atoms with Crippen LogP contribution in [0.4, 0.5) is 5.69 Å². The summed E-state index contributed by atoms with van der Waals surface area (Å²) in [5, 5.41) is 3.47. The number of nitrogens with zero attached hydrogens (tertiary/aromatic N) is 1. The van der Waals surface area contributed by atoms with Crippen LogP contribution in [-0.4, -0.2) is 6.21 Å². The van der Waals surface area contributed by atoms with Gasteiger partial charge < -0.3 is 5.32 Å². The lowest BCUT2D eigenvalue weighted by Crippen LogP contribution is -2.22. The first-order valence-corrected chi connectivity index (χ1v) is 8.95. The van der Waals surface area contributed by atoms with Gasteiger partial charge >= 0.3 is 0 Å². The van der Waals surface area contributed by atoms with Crippen molar-refractivity contribution >= 4 is 11.9 Å². The molecule has 3 rings (SSSR count). The number of aliphatic imine (C=N–C) groups is 1. The number of benzene rings is 2. The average molecular weight is 342 g/mol. The van der Waals surface area contributed by atoms with Gasteiger partial charge in [-0.15, -0.1) is 0 Å². The Bertz CT molecular complexity index is 918. The lowest BCUT2D eigenvalue weighted by molar-refractivity contribution is 0.582. The molecular formula is C24H26N2. The summed E-state index contributed by atoms with van der Waals surface area (Å²) in [7, 11) is 0. The summed E-state index contributed by atoms with van der Waals surface area (Å²) in [6, 6.07) is 15.2. The Hall–Kier alpha value is -2.87. The SMILES string of the molecule is C=C/C(=C\N=CC)CC1(C)C(=C)Nc2ccc(-c3cccc(C)c3)cc21. The Morgan fingerprint density at radius 1 is 1.19 bits per heavy atom. The van der Waals surface area contributed by atoms with Crippen molar-refractivity contribution in [2.24, 2.45) is 4.99 Å². The maximum absolute atomic E-state index is 4.30. The van der Waals surface area contributed by atoms with Crippen molar-refractivity contribution in [3.8, 4) is 11.1 Å². The van der Waals surface area contributed by atoms with Crippen LogP contribution in [0.2, 0.25) is 0 Å². The topological polar surface area (TPSA) is 24.4 Å². The molecule has 1 aliphatic rings. The van der Waals surface area contributed by atoms with E-state index in [4.69, 9.17) is 0 Å². The highest BCUT2D eigenvalue weighted by Gasteiger charge is 2.38. The molecule has 1 N–H and O–H groups in total. The summed E-state index contributed by atoms with van der Waals surface area (Å²) < 4.78 is 0. The standard InChI is InChI=1S/C24H26N2/c1-6-19(16-25-7-2)15-24(5)18(4)26-23-12-11-21(14-22(23)24)20-10-8-9-17(3)13-20/h6-14,16,26H,1,4,15H2,2-3,5H3/b19-16+,25-7?. The summed E-state index contributed by atoms with van der Waals surface area (Å²) in [4.78, 5) is 4.26. The molecule has 2 aromatic rings. The molecule has 1 aliphatic heterocycles. The minimum absolute atomic E-state index is 0.196. The van der Waals surface area contributed by atoms with Crippen molar-refractivity contribution < 1.29 is 0 Å². The van der Waals surface area contributed by atoms with E-state index in [1.807, 2.05) is 19.2 Å². The van der Waals surface area contributed by atoms with Crippen molar-refractivity contribution in [3.63, 3.8) is 0 Å². The summed E-state index contributed by atoms with van der Waals surface area (Å²) >= 11 is 0. The fourth-order valence-corrected chi connectivity index (χ4v) is 3.53. The van der Waals surface area contributed by atoms with Gasteiger partial charge in [0.05, 0.1) is 0 Å². The van der Waals surface area contributed by atoms with Gasteiger partial charge in [-0.1, -0.05) is 55.1 Å². The highest BCUT2D eigenvalue weighted by molar-refractivity contribution is 5.75. The third-order valence-electron chi connectivity index (χ3n) is 5.13. The van der Waals surface area contributed by atoms with Gasteiger partial charge in [0.15, 0.2) is 0 Å². The van der Waals surface area contributed by atoms with Gasteiger partial charge in [-0.3, -0.25) is 4.99 Å². The number of hydrogen-bond acceptors (Lipinski definition) is 2. The summed E-state index contributed by atoms with van der Waals surface area (Å²) in [6.45, 7) is 14.5. The second-order valence-corrected chi connectivity index (χ2v) is 7.06. The van der Waals surface area contributed by atoms with E-state index in [0.717, 1.165) is 23.4 Å². The molecule has 0 radical (unpaired) electrons. The highest BCUT2D eigenvalue weighted by Crippen LogP contribution is 2.47. The average Bonchev–Trinajstić information content (AvgIpc) is 2.89. The Kier molecular flexibility index (Phi) is 4.94. The number of anilines is 1. The van der Waals surface area contributed by atoms with Crippen LogP contribution < -0.4 is 5.32 Å². The normalized spacial score (nSPS) is 19.5. The summed E-state index contributed by atoms with van der Waals surface area (Å²) in [5.74, 6) is 0. The van der Waals surface area contributed by atoms with Crippen LogP contribution in [0.5, 0.6) is 0 Å². The van der Waals surface area contributed by atoms with E-state index in [2.05, 4.69) is 79.8 Å². The number of aryl methyl sites for hydroxylation is 1. The molecule has 26 heavy (non-hydrogen) atoms. The van der Waals surface area contributed by atoms with Crippen molar-refractivity contribution in [1.82, 2.24) is 0 Å². The first-order chi connectivity index (χ1) is 12.5. The molecule has 0 aromatic heterocycles. The Morgan fingerprint density at radius 2 is 1.96 bits per heavy atom. The Balaban J connectivity index is 2.05. The molecule has 2 heteroatoms. The van der Waals surface area contributed by atoms with E-state index in [1.54, 1.807) is 6.21 Å². The minimum Gasteiger partial charge on any atom is -0.358 e. The van der Waals surface area contributed by atoms with Gasteiger partial charge in [0, 0.05) is 29.2 Å². The highest BCUT2D eigenvalue weighted by atomic mass is 15.0. The van der Waals surface area contributed by atoms with Crippen molar-refractivity contribution in [2.45, 2.75) is 32.6 Å². The largest absolute Gasteiger partial charge is 0.358 e. The van der Waals surface area contributed by atoms with Crippen LogP contribution in [0.3, 0.4) is 0 Å². The monoisotopic (exact) mass is 342 g/mol. The summed E-state index contributed by atoms with van der Waals surface area (Å²) in [6.07, 6.45) is 6.36. The number of rotatable bonds is 5. The van der Waals surface area contributed by atoms with Crippen LogP contribution >= 0.6 is 0 Å². The van der Waals surface area contributed by atoms with E-state index in [0.29, 0.717) is 0 Å². The molecule has 0 aliphatic carbocycles. The molecule has 1 atom stereocenters. The van der Waals surface area contributed by atoms with E-state index in [1.165, 1.54) is 22.3 Å². The molecule has 0 saturated heterocycles. The minimum atomic E-state index is -0.196. The quantitative estimate of drug-likeness (QED) is 0.493. The fourth-order valence-electron chi connectivity index (χ4n) is 3.53. The van der Waals surface area contributed by atoms with Crippen LogP contribution in [0.25, 0.3) is 11.1 Å². The van der Waals surface area contributed by atoms with Crippen molar-refractivity contribution in [3.05, 3.63) is 90.3 Å². The van der Waals surface area contributed by atoms with E-state index in [9.17, 15) is 0 Å². The molecule has 1 heterocycles. The van der Waals surface area contributed by atoms with E-state index >= 15 is 0 Å². The van der Waals surface area contributed by atoms with Crippen LogP contribution in [0, 0.1) is 6.92 Å². The maximum Gasteiger partial charge on any atom is 0.0424 e. The summed E-state index contributed by atoms with van der Waals surface area (Å²) in [5.41, 5.74) is 8.06. The molecule has 2 nitrogen and oxygen atoms in total. The zero-order valence-corrected chi connectivity index (χ0v) is 15.8. The van der Waals surface area contributed by atoms with Crippen LogP contribution in [0.1, 0.15) is 31.4 Å². The van der Waals surface area contributed by atoms with Gasteiger partial charge in [0.25, 0.3) is 0 Å². The van der Waals surface area contributed by atoms with Crippen molar-refractivity contribution in [2.75, 3.05) is 5.32 Å². The number of allylic oxidation sites excluding steroid dienone is 3. The van der Waals surface area contributed by atoms with Gasteiger partial charge in [0.1, 0.15) is 0 Å². The molecule has 132 valence electrons. The van der Waals surface area contributed by atoms with E-state index in [-0.39, 0.29) is 5.41 Å². The third-order valence-corrected chi connectivity index (χ3v) is 5.13. The fraction of sp³-hybridized carbons (Fsp3) is 0.208. The molecule has 0 spiro atoms. The molecule has 0 bridgehead atoms. The second-order valence-electron chi connectivity index (χ2n) is 7.06. The number of fused-ring (bicyclic) bond motifs is 1. The van der Waals surface area contributed by atoms with Gasteiger partial charge in [-0.2, -0.15) is 0 Å². The lowest BCUT2D eigenvalue weighted by atomic mass is 9.76. The smallest absolute Gasteiger partial charge is 0.0424 e. The number of hydrogen-bond donors (Lipinski definition) is 1. The first-order valence-electron chi connectivity index (χ1n) is 8.95. The molecule has 0 saturated carbocycles. The second kappa shape index (κ2) is 7.17. The Labute approximate surface area is 156 Å². The maximum atomic E-state index is 4.30. The number of nitrogens with one attached hydrogen (secondary N) is 1. The molecular weight excluding hydrogens is 316 g/mol. The van der Waals surface area contributed by atoms with Gasteiger partial charge in [-0.25, -0.2) is 0 Å². The lowest BCUT2D eigenvalue weighted by Gasteiger charge is -2.26. The molecule has 1 unspecified atom stereocenters. The van der Waals surface area contributed by atoms with Gasteiger partial charge in [-0.05, 0) is 61.6 Å².